The maximum atomic E-state index is 12.4. The number of nitrogens with one attached hydrogen (secondary N) is 1. The van der Waals surface area contributed by atoms with Crippen LogP contribution in [0.15, 0.2) is 36.6 Å². The highest BCUT2D eigenvalue weighted by molar-refractivity contribution is 5.78. The van der Waals surface area contributed by atoms with E-state index in [4.69, 9.17) is 9.47 Å². The number of hydrogen-bond donors (Lipinski definition) is 1. The molecule has 3 rings (SSSR count). The van der Waals surface area contributed by atoms with Crippen molar-refractivity contribution < 1.29 is 14.3 Å². The lowest BCUT2D eigenvalue weighted by Gasteiger charge is -2.34. The first-order valence-corrected chi connectivity index (χ1v) is 9.18. The largest absolute Gasteiger partial charge is 0.497 e. The third-order valence-electron chi connectivity index (χ3n) is 5.07. The van der Waals surface area contributed by atoms with Crippen LogP contribution in [0, 0.1) is 5.92 Å². The molecule has 1 fully saturated rings. The zero-order valence-electron chi connectivity index (χ0n) is 14.9. The smallest absolute Gasteiger partial charge is 0.223 e. The Balaban J connectivity index is 1.38. The van der Waals surface area contributed by atoms with Crippen molar-refractivity contribution >= 4 is 5.91 Å². The Hall–Kier alpha value is -2.01. The van der Waals surface area contributed by atoms with Crippen LogP contribution in [0.5, 0.6) is 5.75 Å². The van der Waals surface area contributed by atoms with Crippen LogP contribution in [0.25, 0.3) is 0 Å². The normalized spacial score (nSPS) is 21.6. The van der Waals surface area contributed by atoms with Gasteiger partial charge in [-0.1, -0.05) is 12.1 Å². The van der Waals surface area contributed by atoms with Crippen LogP contribution in [0.3, 0.4) is 0 Å². The molecule has 0 aliphatic carbocycles. The molecule has 5 heteroatoms. The number of nitrogens with zero attached hydrogens (tertiary/aromatic N) is 1. The zero-order chi connectivity index (χ0) is 17.5. The fourth-order valence-electron chi connectivity index (χ4n) is 3.46. The molecule has 0 bridgehead atoms. The van der Waals surface area contributed by atoms with E-state index in [2.05, 4.69) is 16.3 Å². The number of carbonyl (C=O) groups excluding carboxylic acids is 1. The van der Waals surface area contributed by atoms with Crippen molar-refractivity contribution in [3.05, 3.63) is 42.2 Å². The van der Waals surface area contributed by atoms with E-state index in [0.29, 0.717) is 12.6 Å². The van der Waals surface area contributed by atoms with E-state index >= 15 is 0 Å². The molecule has 0 aromatic heterocycles. The number of benzene rings is 1. The number of rotatable bonds is 6. The van der Waals surface area contributed by atoms with Gasteiger partial charge in [-0.3, -0.25) is 9.69 Å². The minimum atomic E-state index is 0.127. The molecule has 0 saturated carbocycles. The molecule has 0 spiro atoms. The summed E-state index contributed by atoms with van der Waals surface area (Å²) < 4.78 is 10.8. The Labute approximate surface area is 150 Å². The second-order valence-corrected chi connectivity index (χ2v) is 6.85. The molecule has 0 radical (unpaired) electrons. The van der Waals surface area contributed by atoms with E-state index in [-0.39, 0.29) is 11.8 Å². The van der Waals surface area contributed by atoms with Gasteiger partial charge >= 0.3 is 0 Å². The van der Waals surface area contributed by atoms with Crippen molar-refractivity contribution in [3.8, 4) is 5.75 Å². The number of carbonyl (C=O) groups is 1. The predicted molar refractivity (Wildman–Crippen MR) is 97.3 cm³/mol. The Morgan fingerprint density at radius 3 is 2.64 bits per heavy atom. The molecule has 0 unspecified atom stereocenters. The van der Waals surface area contributed by atoms with Gasteiger partial charge in [0, 0.05) is 19.0 Å². The van der Waals surface area contributed by atoms with Crippen molar-refractivity contribution in [2.45, 2.75) is 38.3 Å². The number of allylic oxidation sites excluding steroid dienone is 1. The van der Waals surface area contributed by atoms with Gasteiger partial charge in [-0.05, 0) is 62.5 Å². The predicted octanol–water partition coefficient (Wildman–Crippen LogP) is 2.72. The van der Waals surface area contributed by atoms with Gasteiger partial charge in [-0.2, -0.15) is 0 Å². The lowest BCUT2D eigenvalue weighted by atomic mass is 9.95. The summed E-state index contributed by atoms with van der Waals surface area (Å²) in [5.41, 5.74) is 1.09. The van der Waals surface area contributed by atoms with Crippen LogP contribution < -0.4 is 10.1 Å². The number of ether oxygens (including phenoxy) is 2. The van der Waals surface area contributed by atoms with Gasteiger partial charge in [0.1, 0.15) is 11.9 Å². The monoisotopic (exact) mass is 344 g/mol. The van der Waals surface area contributed by atoms with Gasteiger partial charge in [0.2, 0.25) is 5.91 Å². The average Bonchev–Trinajstić information content (AvgIpc) is 2.68. The second kappa shape index (κ2) is 8.90. The third-order valence-corrected chi connectivity index (χ3v) is 5.07. The molecule has 1 aromatic carbocycles. The lowest BCUT2D eigenvalue weighted by Crippen LogP contribution is -2.43. The molecule has 1 atom stereocenters. The topological polar surface area (TPSA) is 50.8 Å². The van der Waals surface area contributed by atoms with Gasteiger partial charge in [-0.15, -0.1) is 0 Å². The minimum absolute atomic E-state index is 0.127. The molecular weight excluding hydrogens is 316 g/mol. The van der Waals surface area contributed by atoms with Crippen molar-refractivity contribution in [3.63, 3.8) is 0 Å². The standard InChI is InChI=1S/C20H28N2O3/c1-24-18-7-5-16(6-8-18)14-21-20(23)17-9-11-22(12-10-17)15-19-4-2-3-13-25-19/h3,5-8,13,17,19H,2,4,9-12,14-15H2,1H3,(H,21,23)/t19-/m1/s1. The van der Waals surface area contributed by atoms with Crippen LogP contribution in [0.4, 0.5) is 0 Å². The van der Waals surface area contributed by atoms with Gasteiger partial charge < -0.3 is 14.8 Å². The second-order valence-electron chi connectivity index (χ2n) is 6.85. The number of likely N-dealkylation sites (tertiary alicyclic amines) is 1. The van der Waals surface area contributed by atoms with E-state index in [0.717, 1.165) is 56.6 Å². The van der Waals surface area contributed by atoms with Crippen molar-refractivity contribution in [1.29, 1.82) is 0 Å². The molecule has 1 N–H and O–H groups in total. The van der Waals surface area contributed by atoms with E-state index < -0.39 is 0 Å². The molecule has 2 heterocycles. The van der Waals surface area contributed by atoms with Crippen LogP contribution in [0.2, 0.25) is 0 Å². The Morgan fingerprint density at radius 1 is 1.24 bits per heavy atom. The van der Waals surface area contributed by atoms with Crippen LogP contribution in [-0.2, 0) is 16.1 Å². The number of amides is 1. The molecule has 1 saturated heterocycles. The van der Waals surface area contributed by atoms with Gasteiger partial charge in [-0.25, -0.2) is 0 Å². The summed E-state index contributed by atoms with van der Waals surface area (Å²) in [6.07, 6.45) is 8.27. The van der Waals surface area contributed by atoms with E-state index in [1.807, 2.05) is 30.5 Å². The molecule has 1 aromatic rings. The maximum absolute atomic E-state index is 12.4. The molecule has 2 aliphatic heterocycles. The highest BCUT2D eigenvalue weighted by atomic mass is 16.5. The Morgan fingerprint density at radius 2 is 2.00 bits per heavy atom. The third kappa shape index (κ3) is 5.23. The van der Waals surface area contributed by atoms with Crippen molar-refractivity contribution in [2.24, 2.45) is 5.92 Å². The quantitative estimate of drug-likeness (QED) is 0.862. The average molecular weight is 344 g/mol. The van der Waals surface area contributed by atoms with E-state index in [1.54, 1.807) is 7.11 Å². The summed E-state index contributed by atoms with van der Waals surface area (Å²) in [5, 5.41) is 3.07. The summed E-state index contributed by atoms with van der Waals surface area (Å²) in [7, 11) is 1.65. The molecule has 2 aliphatic rings. The first kappa shape index (κ1) is 17.8. The summed E-state index contributed by atoms with van der Waals surface area (Å²) in [4.78, 5) is 14.8. The summed E-state index contributed by atoms with van der Waals surface area (Å²) in [6.45, 7) is 3.50. The molecule has 1 amide bonds. The maximum Gasteiger partial charge on any atom is 0.223 e. The van der Waals surface area contributed by atoms with Crippen LogP contribution in [-0.4, -0.2) is 43.7 Å². The highest BCUT2D eigenvalue weighted by Gasteiger charge is 2.26. The van der Waals surface area contributed by atoms with Crippen molar-refractivity contribution in [1.82, 2.24) is 10.2 Å². The number of hydrogen-bond acceptors (Lipinski definition) is 4. The van der Waals surface area contributed by atoms with E-state index in [9.17, 15) is 4.79 Å². The Kier molecular flexibility index (Phi) is 6.34. The number of piperidine rings is 1. The SMILES string of the molecule is COc1ccc(CNC(=O)C2CCN(C[C@H]3CCC=CO3)CC2)cc1. The summed E-state index contributed by atoms with van der Waals surface area (Å²) in [5.74, 6) is 1.13. The molecular formula is C20H28N2O3. The molecule has 5 nitrogen and oxygen atoms in total. The minimum Gasteiger partial charge on any atom is -0.497 e. The lowest BCUT2D eigenvalue weighted by molar-refractivity contribution is -0.126. The van der Waals surface area contributed by atoms with E-state index in [1.165, 1.54) is 0 Å². The fraction of sp³-hybridized carbons (Fsp3) is 0.550. The number of methoxy groups -OCH3 is 1. The summed E-state index contributed by atoms with van der Waals surface area (Å²) in [6, 6.07) is 7.81. The van der Waals surface area contributed by atoms with Gasteiger partial charge in [0.25, 0.3) is 0 Å². The van der Waals surface area contributed by atoms with Gasteiger partial charge in [0.15, 0.2) is 0 Å². The first-order valence-electron chi connectivity index (χ1n) is 9.18. The first-order chi connectivity index (χ1) is 12.2. The van der Waals surface area contributed by atoms with Crippen LogP contribution >= 0.6 is 0 Å². The highest BCUT2D eigenvalue weighted by Crippen LogP contribution is 2.20. The molecule has 25 heavy (non-hydrogen) atoms. The van der Waals surface area contributed by atoms with Crippen molar-refractivity contribution in [2.75, 3.05) is 26.7 Å². The van der Waals surface area contributed by atoms with Gasteiger partial charge in [0.05, 0.1) is 13.4 Å². The Bertz CT molecular complexity index is 577. The summed E-state index contributed by atoms with van der Waals surface area (Å²) >= 11 is 0. The fourth-order valence-corrected chi connectivity index (χ4v) is 3.46. The van der Waals surface area contributed by atoms with Crippen LogP contribution in [0.1, 0.15) is 31.2 Å². The zero-order valence-corrected chi connectivity index (χ0v) is 14.9. The molecule has 136 valence electrons.